The highest BCUT2D eigenvalue weighted by molar-refractivity contribution is 8.00. The van der Waals surface area contributed by atoms with Gasteiger partial charge in [0.1, 0.15) is 23.9 Å². The van der Waals surface area contributed by atoms with Crippen molar-refractivity contribution in [3.63, 3.8) is 0 Å². The first-order valence-corrected chi connectivity index (χ1v) is 14.4. The van der Waals surface area contributed by atoms with Crippen LogP contribution in [0.15, 0.2) is 120 Å². The Kier molecular flexibility index (Phi) is 9.33. The number of anilines is 2. The summed E-state index contributed by atoms with van der Waals surface area (Å²) in [6, 6.07) is 35.0. The van der Waals surface area contributed by atoms with Gasteiger partial charge in [0.05, 0.1) is 12.5 Å². The maximum absolute atomic E-state index is 6.15. The Morgan fingerprint density at radius 1 is 0.750 bits per heavy atom. The lowest BCUT2D eigenvalue weighted by Crippen LogP contribution is -2.23. The predicted molar refractivity (Wildman–Crippen MR) is 165 cm³/mol. The third-order valence-corrected chi connectivity index (χ3v) is 7.17. The summed E-state index contributed by atoms with van der Waals surface area (Å²) in [5.41, 5.74) is 7.09. The van der Waals surface area contributed by atoms with Crippen LogP contribution in [0, 0.1) is 6.92 Å². The van der Waals surface area contributed by atoms with Gasteiger partial charge in [0, 0.05) is 41.8 Å². The number of benzene rings is 4. The zero-order valence-electron chi connectivity index (χ0n) is 22.9. The molecule has 0 fully saturated rings. The standard InChI is InChI=1S/C34H34N2O3S/c1-3-40-35-33-13-8-14-34(26(33)2)36(22-27-9-5-4-6-10-27)23-28-15-17-30(18-16-28)39-32-12-7-11-31(21-32)38-25-29-19-20-37-24-29/h4-21,24,35H,3,22-23,25H2,1-2H3. The smallest absolute Gasteiger partial charge is 0.131 e. The van der Waals surface area contributed by atoms with Crippen LogP contribution in [0.25, 0.3) is 0 Å². The lowest BCUT2D eigenvalue weighted by atomic mass is 10.1. The molecule has 204 valence electrons. The summed E-state index contributed by atoms with van der Waals surface area (Å²) in [6.45, 7) is 6.38. The van der Waals surface area contributed by atoms with Crippen LogP contribution >= 0.6 is 11.9 Å². The molecule has 0 unspecified atom stereocenters. The van der Waals surface area contributed by atoms with E-state index < -0.39 is 0 Å². The average molecular weight is 551 g/mol. The van der Waals surface area contributed by atoms with E-state index in [0.717, 1.165) is 47.3 Å². The van der Waals surface area contributed by atoms with E-state index >= 15 is 0 Å². The number of ether oxygens (including phenoxy) is 2. The molecule has 1 aromatic heterocycles. The van der Waals surface area contributed by atoms with Gasteiger partial charge in [-0.15, -0.1) is 0 Å². The quantitative estimate of drug-likeness (QED) is 0.147. The Morgan fingerprint density at radius 2 is 1.50 bits per heavy atom. The van der Waals surface area contributed by atoms with Gasteiger partial charge in [0.25, 0.3) is 0 Å². The number of hydrogen-bond acceptors (Lipinski definition) is 6. The summed E-state index contributed by atoms with van der Waals surface area (Å²) in [7, 11) is 0. The first-order valence-electron chi connectivity index (χ1n) is 13.4. The Morgan fingerprint density at radius 3 is 2.25 bits per heavy atom. The second-order valence-electron chi connectivity index (χ2n) is 9.47. The summed E-state index contributed by atoms with van der Waals surface area (Å²) >= 11 is 1.71. The van der Waals surface area contributed by atoms with Crippen molar-refractivity contribution in [2.45, 2.75) is 33.5 Å². The monoisotopic (exact) mass is 550 g/mol. The van der Waals surface area contributed by atoms with Crippen molar-refractivity contribution in [2.75, 3.05) is 15.4 Å². The zero-order valence-corrected chi connectivity index (χ0v) is 23.7. The molecule has 0 aliphatic rings. The van der Waals surface area contributed by atoms with Gasteiger partial charge in [-0.25, -0.2) is 0 Å². The Hall–Kier alpha value is -4.29. The van der Waals surface area contributed by atoms with Crippen LogP contribution in [0.4, 0.5) is 11.4 Å². The number of nitrogens with one attached hydrogen (secondary N) is 1. The predicted octanol–water partition coefficient (Wildman–Crippen LogP) is 9.25. The summed E-state index contributed by atoms with van der Waals surface area (Å²) in [5, 5.41) is 0. The molecule has 0 amide bonds. The van der Waals surface area contributed by atoms with E-state index in [2.05, 4.69) is 84.1 Å². The van der Waals surface area contributed by atoms with Crippen molar-refractivity contribution < 1.29 is 13.9 Å². The van der Waals surface area contributed by atoms with Crippen molar-refractivity contribution in [2.24, 2.45) is 0 Å². The zero-order chi connectivity index (χ0) is 27.6. The first kappa shape index (κ1) is 27.3. The van der Waals surface area contributed by atoms with Crippen molar-refractivity contribution in [1.29, 1.82) is 0 Å². The maximum Gasteiger partial charge on any atom is 0.131 e. The molecule has 40 heavy (non-hydrogen) atoms. The molecule has 1 heterocycles. The van der Waals surface area contributed by atoms with Crippen molar-refractivity contribution in [3.8, 4) is 17.2 Å². The fraction of sp³-hybridized carbons (Fsp3) is 0.176. The second-order valence-corrected chi connectivity index (χ2v) is 10.5. The molecule has 1 N–H and O–H groups in total. The van der Waals surface area contributed by atoms with E-state index in [1.54, 1.807) is 24.5 Å². The van der Waals surface area contributed by atoms with Crippen LogP contribution < -0.4 is 19.1 Å². The highest BCUT2D eigenvalue weighted by Gasteiger charge is 2.14. The topological polar surface area (TPSA) is 46.9 Å². The molecule has 0 aliphatic heterocycles. The molecule has 5 aromatic rings. The molecular weight excluding hydrogens is 516 g/mol. The van der Waals surface area contributed by atoms with E-state index in [0.29, 0.717) is 6.61 Å². The van der Waals surface area contributed by atoms with Crippen molar-refractivity contribution in [3.05, 3.63) is 138 Å². The largest absolute Gasteiger partial charge is 0.489 e. The number of hydrogen-bond donors (Lipinski definition) is 1. The molecule has 0 atom stereocenters. The molecule has 5 rings (SSSR count). The molecule has 0 bridgehead atoms. The van der Waals surface area contributed by atoms with E-state index in [1.807, 2.05) is 42.5 Å². The SMILES string of the molecule is CCSNc1cccc(N(Cc2ccccc2)Cc2ccc(Oc3cccc(OCc4ccoc4)c3)cc2)c1C. The first-order chi connectivity index (χ1) is 19.7. The highest BCUT2D eigenvalue weighted by Crippen LogP contribution is 2.31. The van der Waals surface area contributed by atoms with Gasteiger partial charge in [-0.3, -0.25) is 0 Å². The summed E-state index contributed by atoms with van der Waals surface area (Å²) < 4.78 is 20.6. The molecule has 4 aromatic carbocycles. The van der Waals surface area contributed by atoms with Crippen molar-refractivity contribution in [1.82, 2.24) is 0 Å². The van der Waals surface area contributed by atoms with Gasteiger partial charge >= 0.3 is 0 Å². The molecule has 0 saturated heterocycles. The molecule has 0 spiro atoms. The number of furan rings is 1. The third-order valence-electron chi connectivity index (χ3n) is 6.51. The Balaban J connectivity index is 1.29. The van der Waals surface area contributed by atoms with Crippen LogP contribution in [0.1, 0.15) is 29.2 Å². The summed E-state index contributed by atoms with van der Waals surface area (Å²) in [6.07, 6.45) is 3.33. The van der Waals surface area contributed by atoms with Crippen LogP contribution in [0.2, 0.25) is 0 Å². The normalized spacial score (nSPS) is 10.8. The Bertz CT molecular complexity index is 1470. The maximum atomic E-state index is 6.15. The van der Waals surface area contributed by atoms with Gasteiger partial charge in [-0.2, -0.15) is 0 Å². The number of nitrogens with zero attached hydrogens (tertiary/aromatic N) is 1. The molecule has 0 aliphatic carbocycles. The fourth-order valence-corrected chi connectivity index (χ4v) is 4.97. The van der Waals surface area contributed by atoms with E-state index in [1.165, 1.54) is 22.4 Å². The van der Waals surface area contributed by atoms with Crippen LogP contribution in [0.5, 0.6) is 17.2 Å². The Labute approximate surface area is 240 Å². The van der Waals surface area contributed by atoms with Gasteiger partial charge in [0.2, 0.25) is 0 Å². The van der Waals surface area contributed by atoms with Gasteiger partial charge in [0.15, 0.2) is 0 Å². The second kappa shape index (κ2) is 13.7. The summed E-state index contributed by atoms with van der Waals surface area (Å²) in [4.78, 5) is 2.43. The van der Waals surface area contributed by atoms with E-state index in [9.17, 15) is 0 Å². The van der Waals surface area contributed by atoms with Gasteiger partial charge in [-0.1, -0.05) is 73.5 Å². The van der Waals surface area contributed by atoms with E-state index in [-0.39, 0.29) is 0 Å². The minimum absolute atomic E-state index is 0.448. The van der Waals surface area contributed by atoms with E-state index in [4.69, 9.17) is 13.9 Å². The summed E-state index contributed by atoms with van der Waals surface area (Å²) in [5.74, 6) is 3.27. The molecular formula is C34H34N2O3S. The molecule has 6 heteroatoms. The number of rotatable bonds is 13. The molecule has 0 radical (unpaired) electrons. The van der Waals surface area contributed by atoms with Crippen LogP contribution in [-0.2, 0) is 19.7 Å². The highest BCUT2D eigenvalue weighted by atomic mass is 32.2. The average Bonchev–Trinajstić information content (AvgIpc) is 3.51. The van der Waals surface area contributed by atoms with Crippen molar-refractivity contribution >= 4 is 23.3 Å². The fourth-order valence-electron chi connectivity index (χ4n) is 4.44. The lowest BCUT2D eigenvalue weighted by molar-refractivity contribution is 0.303. The molecule has 5 nitrogen and oxygen atoms in total. The van der Waals surface area contributed by atoms with Crippen LogP contribution in [-0.4, -0.2) is 5.75 Å². The van der Waals surface area contributed by atoms with Gasteiger partial charge in [-0.05, 0) is 66.1 Å². The van der Waals surface area contributed by atoms with Crippen LogP contribution in [0.3, 0.4) is 0 Å². The molecule has 0 saturated carbocycles. The minimum Gasteiger partial charge on any atom is -0.489 e. The van der Waals surface area contributed by atoms with Gasteiger partial charge < -0.3 is 23.5 Å². The minimum atomic E-state index is 0.448. The lowest BCUT2D eigenvalue weighted by Gasteiger charge is -2.28. The third kappa shape index (κ3) is 7.42.